The van der Waals surface area contributed by atoms with E-state index in [-0.39, 0.29) is 40.6 Å². The Labute approximate surface area is 184 Å². The molecule has 3 rings (SSSR count). The molecule has 1 aliphatic rings. The van der Waals surface area contributed by atoms with E-state index >= 15 is 0 Å². The van der Waals surface area contributed by atoms with Gasteiger partial charge in [-0.1, -0.05) is 11.8 Å². The van der Waals surface area contributed by atoms with E-state index in [4.69, 9.17) is 10.00 Å². The van der Waals surface area contributed by atoms with Crippen LogP contribution in [0.1, 0.15) is 36.3 Å². The van der Waals surface area contributed by atoms with Gasteiger partial charge in [-0.05, 0) is 32.0 Å². The summed E-state index contributed by atoms with van der Waals surface area (Å²) in [4.78, 5) is 12.7. The number of hydrogen-bond donors (Lipinski definition) is 3. The number of aromatic nitrogens is 1. The molecular weight excluding hydrogens is 439 g/mol. The number of amides is 1. The zero-order valence-electron chi connectivity index (χ0n) is 17.6. The molecule has 2 heterocycles. The second-order valence-corrected chi connectivity index (χ2v) is 9.42. The van der Waals surface area contributed by atoms with Crippen molar-refractivity contribution in [1.29, 1.82) is 5.26 Å². The molecule has 11 heteroatoms. The van der Waals surface area contributed by atoms with Crippen molar-refractivity contribution in [2.24, 2.45) is 7.05 Å². The summed E-state index contributed by atoms with van der Waals surface area (Å²) in [5.41, 5.74) is -1.36. The normalized spacial score (nSPS) is 17.1. The van der Waals surface area contributed by atoms with Gasteiger partial charge in [0.15, 0.2) is 11.4 Å². The van der Waals surface area contributed by atoms with Crippen molar-refractivity contribution in [3.63, 3.8) is 0 Å². The Morgan fingerprint density at radius 1 is 1.47 bits per heavy atom. The van der Waals surface area contributed by atoms with E-state index in [1.54, 1.807) is 6.07 Å². The molecule has 1 aromatic heterocycles. The molecular formula is C21H21FN4O5S. The first-order valence-electron chi connectivity index (χ1n) is 9.49. The maximum absolute atomic E-state index is 13.5. The third-order valence-electron chi connectivity index (χ3n) is 4.45. The van der Waals surface area contributed by atoms with Gasteiger partial charge in [-0.3, -0.25) is 4.79 Å². The van der Waals surface area contributed by atoms with Gasteiger partial charge >= 0.3 is 0 Å². The molecule has 0 radical (unpaired) electrons. The minimum absolute atomic E-state index is 0.0589. The molecule has 0 unspecified atom stereocenters. The van der Waals surface area contributed by atoms with Crippen LogP contribution in [0, 0.1) is 29.0 Å². The number of fused-ring (bicyclic) bond motifs is 1. The van der Waals surface area contributed by atoms with Crippen molar-refractivity contribution in [1.82, 2.24) is 9.29 Å². The highest BCUT2D eigenvalue weighted by Gasteiger charge is 2.34. The summed E-state index contributed by atoms with van der Waals surface area (Å²) in [5, 5.41) is 21.2. The standard InChI is InChI=1S/C21H21FN4O5S/c1-21(2,28)8-4-5-15-12-31-19-17(32(29,30)25-15)11-26(3)18(19)20(27)24-14-6-7-16(22)13(9-14)10-23/h6-7,9,11,15,25,28H,5,12H2,1-3H3,(H,24,27)/t15-/m0/s1. The first-order chi connectivity index (χ1) is 14.9. The maximum Gasteiger partial charge on any atom is 0.276 e. The number of nitrogens with one attached hydrogen (secondary N) is 2. The highest BCUT2D eigenvalue weighted by molar-refractivity contribution is 7.89. The fraction of sp³-hybridized carbons (Fsp3) is 0.333. The molecule has 1 amide bonds. The Kier molecular flexibility index (Phi) is 6.28. The van der Waals surface area contributed by atoms with Gasteiger partial charge < -0.3 is 19.7 Å². The smallest absolute Gasteiger partial charge is 0.276 e. The molecule has 9 nitrogen and oxygen atoms in total. The van der Waals surface area contributed by atoms with Gasteiger partial charge in [-0.25, -0.2) is 17.5 Å². The zero-order chi connectivity index (χ0) is 23.7. The first-order valence-corrected chi connectivity index (χ1v) is 11.0. The van der Waals surface area contributed by atoms with Gasteiger partial charge in [-0.15, -0.1) is 0 Å². The maximum atomic E-state index is 13.5. The number of anilines is 1. The molecule has 0 saturated carbocycles. The average molecular weight is 460 g/mol. The largest absolute Gasteiger partial charge is 0.488 e. The summed E-state index contributed by atoms with van der Waals surface area (Å²) >= 11 is 0. The van der Waals surface area contributed by atoms with Crippen LogP contribution in [-0.4, -0.2) is 42.2 Å². The van der Waals surface area contributed by atoms with Gasteiger partial charge in [0.2, 0.25) is 10.0 Å². The Morgan fingerprint density at radius 3 is 2.84 bits per heavy atom. The molecule has 32 heavy (non-hydrogen) atoms. The number of rotatable bonds is 3. The number of nitrogens with zero attached hydrogens (tertiary/aromatic N) is 2. The molecule has 0 fully saturated rings. The van der Waals surface area contributed by atoms with E-state index in [0.717, 1.165) is 6.07 Å². The summed E-state index contributed by atoms with van der Waals surface area (Å²) in [5.74, 6) is 3.79. The van der Waals surface area contributed by atoms with Crippen molar-refractivity contribution in [2.75, 3.05) is 11.9 Å². The molecule has 1 aromatic carbocycles. The van der Waals surface area contributed by atoms with Crippen molar-refractivity contribution >= 4 is 21.6 Å². The fourth-order valence-corrected chi connectivity index (χ4v) is 4.45. The van der Waals surface area contributed by atoms with E-state index in [1.807, 2.05) is 0 Å². The van der Waals surface area contributed by atoms with Crippen LogP contribution in [0.4, 0.5) is 10.1 Å². The summed E-state index contributed by atoms with van der Waals surface area (Å²) in [7, 11) is -2.53. The number of sulfonamides is 1. The van der Waals surface area contributed by atoms with Gasteiger partial charge in [0.1, 0.15) is 29.0 Å². The number of aryl methyl sites for hydroxylation is 1. The van der Waals surface area contributed by atoms with E-state index < -0.39 is 33.4 Å². The lowest BCUT2D eigenvalue weighted by Crippen LogP contribution is -2.36. The number of hydrogen-bond acceptors (Lipinski definition) is 6. The van der Waals surface area contributed by atoms with Crippen LogP contribution < -0.4 is 14.8 Å². The summed E-state index contributed by atoms with van der Waals surface area (Å²) < 4.78 is 48.7. The SMILES string of the molecule is Cn1cc2c(c1C(=O)Nc1ccc(F)c(C#N)c1)OC[C@H](CC#CC(C)(C)O)NS2(=O)=O. The molecule has 1 atom stereocenters. The van der Waals surface area contributed by atoms with E-state index in [9.17, 15) is 22.7 Å². The number of benzene rings is 1. The minimum Gasteiger partial charge on any atom is -0.488 e. The van der Waals surface area contributed by atoms with Gasteiger partial charge in [0, 0.05) is 25.4 Å². The summed E-state index contributed by atoms with van der Waals surface area (Å²) in [6, 6.07) is 4.49. The second kappa shape index (κ2) is 8.63. The van der Waals surface area contributed by atoms with Crippen LogP contribution in [0.5, 0.6) is 5.75 Å². The van der Waals surface area contributed by atoms with Gasteiger partial charge in [-0.2, -0.15) is 5.26 Å². The lowest BCUT2D eigenvalue weighted by atomic mass is 10.1. The third-order valence-corrected chi connectivity index (χ3v) is 5.96. The number of ether oxygens (including phenoxy) is 1. The Morgan fingerprint density at radius 2 is 2.19 bits per heavy atom. The fourth-order valence-electron chi connectivity index (χ4n) is 3.04. The lowest BCUT2D eigenvalue weighted by molar-refractivity contribution is 0.101. The Bertz CT molecular complexity index is 1280. The molecule has 0 spiro atoms. The monoisotopic (exact) mass is 460 g/mol. The third kappa shape index (κ3) is 5.08. The number of aliphatic hydroxyl groups is 1. The number of carbonyl (C=O) groups is 1. The topological polar surface area (TPSA) is 133 Å². The van der Waals surface area contributed by atoms with Crippen LogP contribution in [0.3, 0.4) is 0 Å². The average Bonchev–Trinajstić information content (AvgIpc) is 2.97. The van der Waals surface area contributed by atoms with Crippen molar-refractivity contribution in [3.8, 4) is 23.7 Å². The van der Waals surface area contributed by atoms with Crippen molar-refractivity contribution in [3.05, 3.63) is 41.5 Å². The predicted octanol–water partition coefficient (Wildman–Crippen LogP) is 1.49. The highest BCUT2D eigenvalue weighted by Crippen LogP contribution is 2.33. The Balaban J connectivity index is 1.89. The summed E-state index contributed by atoms with van der Waals surface area (Å²) in [6.07, 6.45) is 1.34. The van der Waals surface area contributed by atoms with Crippen molar-refractivity contribution < 1.29 is 27.4 Å². The quantitative estimate of drug-likeness (QED) is 0.595. The summed E-state index contributed by atoms with van der Waals surface area (Å²) in [6.45, 7) is 2.93. The molecule has 0 aliphatic carbocycles. The van der Waals surface area contributed by atoms with Crippen molar-refractivity contribution in [2.45, 2.75) is 36.8 Å². The lowest BCUT2D eigenvalue weighted by Gasteiger charge is -2.14. The van der Waals surface area contributed by atoms with Crippen LogP contribution in [-0.2, 0) is 17.1 Å². The molecule has 3 N–H and O–H groups in total. The number of carbonyl (C=O) groups excluding carboxylic acids is 1. The first kappa shape index (κ1) is 23.3. The van der Waals surface area contributed by atoms with E-state index in [1.165, 1.54) is 43.8 Å². The molecule has 2 aromatic rings. The van der Waals surface area contributed by atoms with Crippen LogP contribution in [0.2, 0.25) is 0 Å². The zero-order valence-corrected chi connectivity index (χ0v) is 18.4. The van der Waals surface area contributed by atoms with Gasteiger partial charge in [0.25, 0.3) is 5.91 Å². The van der Waals surface area contributed by atoms with Crippen LogP contribution in [0.25, 0.3) is 0 Å². The number of halogens is 1. The highest BCUT2D eigenvalue weighted by atomic mass is 32.2. The molecule has 168 valence electrons. The van der Waals surface area contributed by atoms with Crippen LogP contribution >= 0.6 is 0 Å². The van der Waals surface area contributed by atoms with E-state index in [0.29, 0.717) is 0 Å². The Hall–Kier alpha value is -3.38. The minimum atomic E-state index is -4.02. The predicted molar refractivity (Wildman–Crippen MR) is 113 cm³/mol. The molecule has 1 aliphatic heterocycles. The molecule has 0 saturated heterocycles. The number of nitriles is 1. The molecule has 0 bridgehead atoms. The van der Waals surface area contributed by atoms with Gasteiger partial charge in [0.05, 0.1) is 11.6 Å². The second-order valence-electron chi connectivity index (χ2n) is 7.74. The van der Waals surface area contributed by atoms with E-state index in [2.05, 4.69) is 21.9 Å². The van der Waals surface area contributed by atoms with Crippen LogP contribution in [0.15, 0.2) is 29.3 Å².